The number of hydrogen-bond donors (Lipinski definition) is 2. The predicted molar refractivity (Wildman–Crippen MR) is 122 cm³/mol. The summed E-state index contributed by atoms with van der Waals surface area (Å²) < 4.78 is 5.45. The molecule has 0 radical (unpaired) electrons. The Kier molecular flexibility index (Phi) is 6.51. The van der Waals surface area contributed by atoms with Crippen LogP contribution in [0.4, 0.5) is 0 Å². The molecule has 0 unspecified atom stereocenters. The maximum Gasteiger partial charge on any atom is 0.119 e. The van der Waals surface area contributed by atoms with Gasteiger partial charge in [0.25, 0.3) is 0 Å². The van der Waals surface area contributed by atoms with E-state index in [4.69, 9.17) is 4.74 Å². The Hall–Kier alpha value is -1.06. The van der Waals surface area contributed by atoms with E-state index < -0.39 is 11.7 Å². The number of benzene rings is 1. The highest BCUT2D eigenvalue weighted by Gasteiger charge is 2.63. The zero-order valence-corrected chi connectivity index (χ0v) is 19.3. The van der Waals surface area contributed by atoms with Crippen molar-refractivity contribution in [3.63, 3.8) is 0 Å². The van der Waals surface area contributed by atoms with Crippen molar-refractivity contribution in [3.05, 3.63) is 29.3 Å². The van der Waals surface area contributed by atoms with Crippen molar-refractivity contribution in [2.75, 3.05) is 7.11 Å². The van der Waals surface area contributed by atoms with E-state index in [2.05, 4.69) is 32.0 Å². The number of hydrogen-bond acceptors (Lipinski definition) is 3. The van der Waals surface area contributed by atoms with Gasteiger partial charge in [0.15, 0.2) is 0 Å². The number of aliphatic hydroxyl groups excluding tert-OH is 1. The summed E-state index contributed by atoms with van der Waals surface area (Å²) in [6.45, 7) is 4.51. The quantitative estimate of drug-likeness (QED) is 0.513. The topological polar surface area (TPSA) is 49.7 Å². The van der Waals surface area contributed by atoms with Crippen LogP contribution in [-0.4, -0.2) is 29.0 Å². The van der Waals surface area contributed by atoms with Gasteiger partial charge in [0.05, 0.1) is 18.8 Å². The molecule has 1 aromatic rings. The third-order valence-electron chi connectivity index (χ3n) is 9.04. The van der Waals surface area contributed by atoms with Crippen molar-refractivity contribution in [1.29, 1.82) is 0 Å². The second kappa shape index (κ2) is 8.82. The Morgan fingerprint density at radius 3 is 2.63 bits per heavy atom. The van der Waals surface area contributed by atoms with Crippen LogP contribution in [0.1, 0.15) is 102 Å². The van der Waals surface area contributed by atoms with E-state index in [1.165, 1.54) is 49.7 Å². The fourth-order valence-corrected chi connectivity index (χ4v) is 7.31. The molecule has 3 aliphatic rings. The summed E-state index contributed by atoms with van der Waals surface area (Å²) in [6, 6.07) is 6.60. The molecule has 0 heterocycles. The van der Waals surface area contributed by atoms with Gasteiger partial charge in [0.1, 0.15) is 5.75 Å². The van der Waals surface area contributed by atoms with Gasteiger partial charge < -0.3 is 14.9 Å². The van der Waals surface area contributed by atoms with Crippen molar-refractivity contribution < 1.29 is 14.9 Å². The van der Waals surface area contributed by atoms with Crippen molar-refractivity contribution in [2.45, 2.75) is 109 Å². The number of ether oxygens (including phenoxy) is 1. The van der Waals surface area contributed by atoms with E-state index in [9.17, 15) is 10.2 Å². The fraction of sp³-hybridized carbons (Fsp3) is 0.778. The number of aryl methyl sites for hydroxylation is 1. The monoisotopic (exact) mass is 414 g/mol. The van der Waals surface area contributed by atoms with Crippen LogP contribution in [-0.2, 0) is 6.42 Å². The molecule has 6 atom stereocenters. The van der Waals surface area contributed by atoms with Crippen molar-refractivity contribution in [1.82, 2.24) is 0 Å². The van der Waals surface area contributed by atoms with Crippen LogP contribution in [0.25, 0.3) is 0 Å². The number of rotatable bonds is 8. The Balaban J connectivity index is 1.47. The lowest BCUT2D eigenvalue weighted by molar-refractivity contribution is -0.104. The fourth-order valence-electron chi connectivity index (χ4n) is 7.31. The molecule has 2 saturated carbocycles. The molecule has 0 aromatic heterocycles. The van der Waals surface area contributed by atoms with Crippen molar-refractivity contribution in [2.24, 2.45) is 17.3 Å². The van der Waals surface area contributed by atoms with Crippen LogP contribution >= 0.6 is 0 Å². The Labute approximate surface area is 183 Å². The lowest BCUT2D eigenvalue weighted by Gasteiger charge is -2.50. The molecule has 0 spiro atoms. The number of unbranched alkanes of at least 4 members (excludes halogenated alkanes) is 5. The lowest BCUT2D eigenvalue weighted by Crippen LogP contribution is -2.47. The Morgan fingerprint density at radius 2 is 1.87 bits per heavy atom. The summed E-state index contributed by atoms with van der Waals surface area (Å²) in [4.78, 5) is 0. The van der Waals surface area contributed by atoms with Gasteiger partial charge in [-0.25, -0.2) is 0 Å². The zero-order valence-electron chi connectivity index (χ0n) is 19.3. The second-order valence-corrected chi connectivity index (χ2v) is 10.8. The van der Waals surface area contributed by atoms with Gasteiger partial charge in [-0.15, -0.1) is 0 Å². The molecule has 3 heteroatoms. The highest BCUT2D eigenvalue weighted by atomic mass is 16.5. The van der Waals surface area contributed by atoms with Gasteiger partial charge >= 0.3 is 0 Å². The third-order valence-corrected chi connectivity index (χ3v) is 9.04. The maximum atomic E-state index is 11.5. The smallest absolute Gasteiger partial charge is 0.119 e. The molecule has 0 saturated heterocycles. The Bertz CT molecular complexity index is 731. The van der Waals surface area contributed by atoms with Crippen LogP contribution in [0, 0.1) is 17.3 Å². The number of aliphatic hydroxyl groups is 2. The molecular formula is C27H42O3. The molecule has 3 aliphatic carbocycles. The van der Waals surface area contributed by atoms with Gasteiger partial charge in [0, 0.05) is 0 Å². The largest absolute Gasteiger partial charge is 0.497 e. The number of fused-ring (bicyclic) bond motifs is 5. The first-order valence-electron chi connectivity index (χ1n) is 12.5. The normalized spacial score (nSPS) is 37.4. The van der Waals surface area contributed by atoms with Gasteiger partial charge in [-0.3, -0.25) is 0 Å². The van der Waals surface area contributed by atoms with Crippen LogP contribution in [0.2, 0.25) is 0 Å². The number of methoxy groups -OCH3 is 1. The van der Waals surface area contributed by atoms with E-state index in [-0.39, 0.29) is 5.41 Å². The maximum absolute atomic E-state index is 11.5. The van der Waals surface area contributed by atoms with E-state index in [1.54, 1.807) is 7.11 Å². The minimum atomic E-state index is -0.890. The molecule has 4 rings (SSSR count). The summed E-state index contributed by atoms with van der Waals surface area (Å²) in [5.41, 5.74) is 1.91. The van der Waals surface area contributed by atoms with Crippen LogP contribution in [0.3, 0.4) is 0 Å². The molecule has 0 amide bonds. The first-order valence-corrected chi connectivity index (χ1v) is 12.5. The minimum absolute atomic E-state index is 0.137. The molecule has 2 N–H and O–H groups in total. The van der Waals surface area contributed by atoms with E-state index >= 15 is 0 Å². The molecule has 30 heavy (non-hydrogen) atoms. The average molecular weight is 415 g/mol. The van der Waals surface area contributed by atoms with Gasteiger partial charge in [-0.05, 0) is 85.0 Å². The third kappa shape index (κ3) is 3.81. The second-order valence-electron chi connectivity index (χ2n) is 10.8. The van der Waals surface area contributed by atoms with Gasteiger partial charge in [-0.1, -0.05) is 58.4 Å². The summed E-state index contributed by atoms with van der Waals surface area (Å²) in [5.74, 6) is 2.53. The summed E-state index contributed by atoms with van der Waals surface area (Å²) >= 11 is 0. The molecule has 0 aliphatic heterocycles. The molecular weight excluding hydrogens is 372 g/mol. The van der Waals surface area contributed by atoms with Gasteiger partial charge in [-0.2, -0.15) is 0 Å². The van der Waals surface area contributed by atoms with E-state index in [1.807, 2.05) is 0 Å². The standard InChI is InChI=1S/C27H42O3/c1-4-5-6-7-8-9-15-27(29)18-24-23-12-10-19-17-20(30-3)11-13-21(19)22(23)14-16-26(24,2)25(27)28/h11,13,17,22-25,28-29H,4-10,12,14-16,18H2,1-3H3/t22-,23+,24-,25-,26-,27-/m0/s1. The minimum Gasteiger partial charge on any atom is -0.497 e. The lowest BCUT2D eigenvalue weighted by atomic mass is 9.55. The first-order chi connectivity index (χ1) is 14.4. The molecule has 1 aromatic carbocycles. The summed E-state index contributed by atoms with van der Waals surface area (Å²) in [7, 11) is 1.74. The van der Waals surface area contributed by atoms with Crippen molar-refractivity contribution in [3.8, 4) is 5.75 Å². The van der Waals surface area contributed by atoms with Crippen LogP contribution in [0.5, 0.6) is 5.75 Å². The summed E-state index contributed by atoms with van der Waals surface area (Å²) in [6.07, 6.45) is 12.7. The average Bonchev–Trinajstić information content (AvgIpc) is 2.96. The van der Waals surface area contributed by atoms with Crippen molar-refractivity contribution >= 4 is 0 Å². The highest BCUT2D eigenvalue weighted by molar-refractivity contribution is 5.41. The van der Waals surface area contributed by atoms with Gasteiger partial charge in [0.2, 0.25) is 0 Å². The summed E-state index contributed by atoms with van der Waals surface area (Å²) in [5, 5.41) is 22.9. The predicted octanol–water partition coefficient (Wildman–Crippen LogP) is 6.00. The zero-order chi connectivity index (χ0) is 21.4. The van der Waals surface area contributed by atoms with E-state index in [0.717, 1.165) is 44.3 Å². The van der Waals surface area contributed by atoms with E-state index in [0.29, 0.717) is 17.8 Å². The SMILES string of the molecule is CCCCCCCC[C@]1(O)C[C@H]2[C@@H]3CCc4cc(OC)ccc4[C@@H]3CC[C@]2(C)[C@@H]1O. The highest BCUT2D eigenvalue weighted by Crippen LogP contribution is 2.63. The Morgan fingerprint density at radius 1 is 1.10 bits per heavy atom. The van der Waals surface area contributed by atoms with Crippen LogP contribution in [0.15, 0.2) is 18.2 Å². The van der Waals surface area contributed by atoms with Crippen LogP contribution < -0.4 is 4.74 Å². The molecule has 2 fully saturated rings. The molecule has 168 valence electrons. The molecule has 0 bridgehead atoms. The molecule has 3 nitrogen and oxygen atoms in total. The first kappa shape index (κ1) is 22.1.